The Morgan fingerprint density at radius 1 is 1.31 bits per heavy atom. The second kappa shape index (κ2) is 7.02. The molecule has 2 aliphatic rings. The molecule has 5 unspecified atom stereocenters. The summed E-state index contributed by atoms with van der Waals surface area (Å²) in [5, 5.41) is 34.0. The van der Waals surface area contributed by atoms with Crippen molar-refractivity contribution < 1.29 is 15.3 Å². The summed E-state index contributed by atoms with van der Waals surface area (Å²) in [5.74, 6) is 0.113. The summed E-state index contributed by atoms with van der Waals surface area (Å²) in [6, 6.07) is 8.11. The van der Waals surface area contributed by atoms with Gasteiger partial charge >= 0.3 is 0 Å². The van der Waals surface area contributed by atoms with E-state index in [-0.39, 0.29) is 23.7 Å². The number of rotatable bonds is 5. The highest BCUT2D eigenvalue weighted by Crippen LogP contribution is 2.64. The van der Waals surface area contributed by atoms with Crippen molar-refractivity contribution in [2.75, 3.05) is 11.9 Å². The second-order valence-electron chi connectivity index (χ2n) is 7.70. The van der Waals surface area contributed by atoms with E-state index in [1.54, 1.807) is 10.9 Å². The molecular formula is C19H19ClIN5O3. The van der Waals surface area contributed by atoms with Crippen LogP contribution in [0.15, 0.2) is 30.6 Å². The fourth-order valence-corrected chi connectivity index (χ4v) is 5.48. The highest BCUT2D eigenvalue weighted by Gasteiger charge is 2.72. The maximum Gasteiger partial charge on any atom is 0.226 e. The summed E-state index contributed by atoms with van der Waals surface area (Å²) >= 11 is 8.46. The van der Waals surface area contributed by atoms with Gasteiger partial charge in [0.05, 0.1) is 18.0 Å². The van der Waals surface area contributed by atoms with Gasteiger partial charge in [0.1, 0.15) is 6.10 Å². The number of anilines is 1. The minimum atomic E-state index is -1.00. The van der Waals surface area contributed by atoms with Crippen molar-refractivity contribution in [2.24, 2.45) is 11.8 Å². The minimum absolute atomic E-state index is 0.0357. The first kappa shape index (κ1) is 19.4. The van der Waals surface area contributed by atoms with E-state index >= 15 is 0 Å². The molecule has 29 heavy (non-hydrogen) atoms. The fraction of sp³-hybridized carbons (Fsp3) is 0.421. The van der Waals surface area contributed by atoms with E-state index in [0.29, 0.717) is 29.9 Å². The van der Waals surface area contributed by atoms with Crippen molar-refractivity contribution >= 4 is 51.2 Å². The Labute approximate surface area is 185 Å². The molecule has 2 fully saturated rings. The molecule has 0 spiro atoms. The minimum Gasteiger partial charge on any atom is -0.396 e. The number of hydrogen-bond donors (Lipinski definition) is 4. The van der Waals surface area contributed by atoms with Crippen molar-refractivity contribution in [3.05, 3.63) is 45.0 Å². The van der Waals surface area contributed by atoms with Gasteiger partial charge in [0.2, 0.25) is 5.28 Å². The summed E-state index contributed by atoms with van der Waals surface area (Å²) in [7, 11) is 0. The number of halogens is 2. The lowest BCUT2D eigenvalue weighted by molar-refractivity contribution is -0.0272. The van der Waals surface area contributed by atoms with Gasteiger partial charge in [0.25, 0.3) is 0 Å². The van der Waals surface area contributed by atoms with E-state index in [1.165, 1.54) is 0 Å². The van der Waals surface area contributed by atoms with E-state index in [0.717, 1.165) is 9.13 Å². The Morgan fingerprint density at radius 3 is 2.86 bits per heavy atom. The lowest BCUT2D eigenvalue weighted by Crippen LogP contribution is -2.38. The molecule has 152 valence electrons. The third kappa shape index (κ3) is 2.94. The van der Waals surface area contributed by atoms with Gasteiger partial charge in [-0.15, -0.1) is 0 Å². The summed E-state index contributed by atoms with van der Waals surface area (Å²) < 4.78 is 2.93. The summed E-state index contributed by atoms with van der Waals surface area (Å²) in [5.41, 5.74) is 1.43. The largest absolute Gasteiger partial charge is 0.396 e. The van der Waals surface area contributed by atoms with Crippen LogP contribution in [0.1, 0.15) is 12.0 Å². The maximum absolute atomic E-state index is 10.7. The predicted octanol–water partition coefficient (Wildman–Crippen LogP) is 1.76. The Kier molecular flexibility index (Phi) is 4.70. The van der Waals surface area contributed by atoms with Crippen LogP contribution in [0.4, 0.5) is 5.82 Å². The van der Waals surface area contributed by atoms with Crippen LogP contribution in [0.3, 0.4) is 0 Å². The van der Waals surface area contributed by atoms with Crippen LogP contribution in [-0.4, -0.2) is 53.7 Å². The highest BCUT2D eigenvalue weighted by molar-refractivity contribution is 14.1. The van der Waals surface area contributed by atoms with Gasteiger partial charge < -0.3 is 25.2 Å². The Balaban J connectivity index is 1.51. The maximum atomic E-state index is 10.7. The average Bonchev–Trinajstić information content (AvgIpc) is 3.21. The first-order chi connectivity index (χ1) is 14.0. The van der Waals surface area contributed by atoms with Crippen molar-refractivity contribution in [1.82, 2.24) is 19.5 Å². The number of benzene rings is 1. The number of aromatic nitrogens is 4. The predicted molar refractivity (Wildman–Crippen MR) is 115 cm³/mol. The first-order valence-corrected chi connectivity index (χ1v) is 10.8. The molecule has 0 radical (unpaired) electrons. The molecule has 2 saturated carbocycles. The van der Waals surface area contributed by atoms with Crippen LogP contribution in [-0.2, 0) is 12.1 Å². The van der Waals surface area contributed by atoms with E-state index in [2.05, 4.69) is 48.9 Å². The second-order valence-corrected chi connectivity index (χ2v) is 9.28. The summed E-state index contributed by atoms with van der Waals surface area (Å²) in [4.78, 5) is 13.1. The number of aliphatic hydroxyl groups is 3. The Hall–Kier alpha value is -1.53. The molecule has 2 heterocycles. The van der Waals surface area contributed by atoms with Crippen molar-refractivity contribution in [3.63, 3.8) is 0 Å². The van der Waals surface area contributed by atoms with E-state index in [1.807, 2.05) is 18.2 Å². The molecule has 5 atom stereocenters. The van der Waals surface area contributed by atoms with Gasteiger partial charge in [-0.1, -0.05) is 12.1 Å². The zero-order chi connectivity index (χ0) is 20.3. The Bertz CT molecular complexity index is 1090. The molecule has 2 aromatic heterocycles. The monoisotopic (exact) mass is 527 g/mol. The molecule has 10 heteroatoms. The Morgan fingerprint density at radius 2 is 2.14 bits per heavy atom. The van der Waals surface area contributed by atoms with Crippen LogP contribution in [0.5, 0.6) is 0 Å². The van der Waals surface area contributed by atoms with Gasteiger partial charge in [0.15, 0.2) is 17.0 Å². The third-order valence-electron chi connectivity index (χ3n) is 6.20. The molecule has 0 amide bonds. The van der Waals surface area contributed by atoms with E-state index in [9.17, 15) is 15.3 Å². The zero-order valence-electron chi connectivity index (χ0n) is 15.2. The van der Waals surface area contributed by atoms with Crippen LogP contribution in [0.2, 0.25) is 5.28 Å². The normalized spacial score (nSPS) is 30.5. The smallest absolute Gasteiger partial charge is 0.226 e. The van der Waals surface area contributed by atoms with Gasteiger partial charge in [0, 0.05) is 22.6 Å². The number of fused-ring (bicyclic) bond motifs is 2. The molecular weight excluding hydrogens is 509 g/mol. The van der Waals surface area contributed by atoms with Crippen LogP contribution in [0, 0.1) is 15.4 Å². The number of nitrogens with zero attached hydrogens (tertiary/aromatic N) is 4. The zero-order valence-corrected chi connectivity index (χ0v) is 18.1. The molecule has 4 N–H and O–H groups in total. The molecule has 5 rings (SSSR count). The van der Waals surface area contributed by atoms with Gasteiger partial charge in [-0.25, -0.2) is 4.98 Å². The highest BCUT2D eigenvalue weighted by atomic mass is 127. The van der Waals surface area contributed by atoms with Crippen molar-refractivity contribution in [3.8, 4) is 0 Å². The number of imidazole rings is 1. The third-order valence-corrected chi connectivity index (χ3v) is 7.04. The SMILES string of the molecule is OCC1C(O)C(O)C2(n3cnc4c(NCc5cccc(I)c5)nc(Cl)nc43)CC12. The quantitative estimate of drug-likeness (QED) is 0.295. The van der Waals surface area contributed by atoms with Crippen LogP contribution < -0.4 is 5.32 Å². The number of aliphatic hydroxyl groups excluding tert-OH is 3. The molecule has 0 bridgehead atoms. The molecule has 0 aliphatic heterocycles. The summed E-state index contributed by atoms with van der Waals surface area (Å²) in [6.07, 6.45) is 0.279. The van der Waals surface area contributed by atoms with Gasteiger partial charge in [-0.05, 0) is 64.2 Å². The molecule has 1 aromatic carbocycles. The van der Waals surface area contributed by atoms with Gasteiger partial charge in [-0.3, -0.25) is 0 Å². The van der Waals surface area contributed by atoms with Crippen LogP contribution in [0.25, 0.3) is 11.2 Å². The molecule has 2 aliphatic carbocycles. The molecule has 0 saturated heterocycles. The number of hydrogen-bond acceptors (Lipinski definition) is 7. The van der Waals surface area contributed by atoms with Crippen molar-refractivity contribution in [1.29, 1.82) is 0 Å². The standard InChI is InChI=1S/C19H19ClIN5O3/c20-18-24-16(22-6-9-2-1-3-10(21)4-9)13-17(25-18)26(8-23-13)19-5-12(19)11(7-27)14(28)15(19)29/h1-4,8,11-12,14-15,27-29H,5-7H2,(H,22,24,25). The molecule has 8 nitrogen and oxygen atoms in total. The van der Waals surface area contributed by atoms with E-state index in [4.69, 9.17) is 11.6 Å². The fourth-order valence-electron chi connectivity index (χ4n) is 4.71. The van der Waals surface area contributed by atoms with Crippen molar-refractivity contribution in [2.45, 2.75) is 30.7 Å². The lowest BCUT2D eigenvalue weighted by Gasteiger charge is -2.24. The number of nitrogens with one attached hydrogen (secondary N) is 1. The van der Waals surface area contributed by atoms with E-state index < -0.39 is 17.7 Å². The lowest BCUT2D eigenvalue weighted by atomic mass is 10.0. The van der Waals surface area contributed by atoms with Crippen LogP contribution >= 0.6 is 34.2 Å². The topological polar surface area (TPSA) is 116 Å². The average molecular weight is 528 g/mol. The van der Waals surface area contributed by atoms with Gasteiger partial charge in [-0.2, -0.15) is 9.97 Å². The first-order valence-electron chi connectivity index (χ1n) is 9.32. The molecule has 3 aromatic rings. The summed E-state index contributed by atoms with van der Waals surface area (Å²) in [6.45, 7) is 0.379.